The predicted octanol–water partition coefficient (Wildman–Crippen LogP) is 4.66. The van der Waals surface area contributed by atoms with Gasteiger partial charge < -0.3 is 9.64 Å². The van der Waals surface area contributed by atoms with Gasteiger partial charge in [0.25, 0.3) is 0 Å². The molecule has 0 atom stereocenters. The number of likely N-dealkylation sites (tertiary alicyclic amines) is 1. The zero-order valence-electron chi connectivity index (χ0n) is 13.8. The first-order valence-corrected chi connectivity index (χ1v) is 7.76. The third-order valence-electron chi connectivity index (χ3n) is 3.96. The molecule has 118 valence electrons. The fourth-order valence-corrected chi connectivity index (χ4v) is 2.78. The van der Waals surface area contributed by atoms with E-state index in [0.717, 1.165) is 37.2 Å². The number of amides is 1. The van der Waals surface area contributed by atoms with Crippen molar-refractivity contribution >= 4 is 11.8 Å². The van der Waals surface area contributed by atoms with Crippen LogP contribution < -0.4 is 0 Å². The van der Waals surface area contributed by atoms with E-state index in [1.54, 1.807) is 4.90 Å². The molecule has 22 heavy (non-hydrogen) atoms. The van der Waals surface area contributed by atoms with E-state index in [4.69, 9.17) is 11.3 Å². The molecule has 1 saturated heterocycles. The third-order valence-corrected chi connectivity index (χ3v) is 3.96. The number of hydrogen-bond donors (Lipinski definition) is 0. The van der Waals surface area contributed by atoms with Crippen LogP contribution in [0.4, 0.5) is 10.5 Å². The quantitative estimate of drug-likeness (QED) is 0.707. The van der Waals surface area contributed by atoms with Gasteiger partial charge in [-0.3, -0.25) is 0 Å². The van der Waals surface area contributed by atoms with Crippen molar-refractivity contribution < 1.29 is 9.53 Å². The summed E-state index contributed by atoms with van der Waals surface area (Å²) in [6.45, 7) is 16.2. The van der Waals surface area contributed by atoms with Gasteiger partial charge in [0.05, 0.1) is 6.57 Å². The Morgan fingerprint density at radius 2 is 1.95 bits per heavy atom. The average molecular weight is 300 g/mol. The minimum absolute atomic E-state index is 0.217. The first-order valence-electron chi connectivity index (χ1n) is 7.76. The molecule has 1 fully saturated rings. The van der Waals surface area contributed by atoms with Crippen molar-refractivity contribution in [3.8, 4) is 0 Å². The smallest absolute Gasteiger partial charge is 0.410 e. The number of benzene rings is 1. The highest BCUT2D eigenvalue weighted by molar-refractivity contribution is 5.68. The Balaban J connectivity index is 1.96. The molecule has 0 aromatic heterocycles. The van der Waals surface area contributed by atoms with E-state index in [9.17, 15) is 4.79 Å². The Morgan fingerprint density at radius 1 is 1.32 bits per heavy atom. The minimum atomic E-state index is -0.444. The van der Waals surface area contributed by atoms with Crippen LogP contribution in [0.25, 0.3) is 4.85 Å². The normalized spacial score (nSPS) is 16.2. The molecule has 4 nitrogen and oxygen atoms in total. The van der Waals surface area contributed by atoms with Gasteiger partial charge in [0.1, 0.15) is 5.60 Å². The van der Waals surface area contributed by atoms with Crippen LogP contribution in [-0.4, -0.2) is 29.7 Å². The number of hydrogen-bond acceptors (Lipinski definition) is 2. The minimum Gasteiger partial charge on any atom is -0.444 e. The Hall–Kier alpha value is -2.02. The highest BCUT2D eigenvalue weighted by Crippen LogP contribution is 2.31. The molecule has 2 rings (SSSR count). The number of ether oxygens (including phenoxy) is 1. The van der Waals surface area contributed by atoms with Crippen molar-refractivity contribution in [2.75, 3.05) is 13.1 Å². The van der Waals surface area contributed by atoms with E-state index < -0.39 is 5.60 Å². The molecule has 1 aromatic carbocycles. The van der Waals surface area contributed by atoms with Crippen molar-refractivity contribution in [2.45, 2.75) is 52.1 Å². The lowest BCUT2D eigenvalue weighted by Crippen LogP contribution is -2.41. The molecule has 0 bridgehead atoms. The zero-order valence-corrected chi connectivity index (χ0v) is 13.8. The molecule has 0 unspecified atom stereocenters. The monoisotopic (exact) mass is 300 g/mol. The third kappa shape index (κ3) is 4.00. The second kappa shape index (κ2) is 6.39. The number of piperidine rings is 1. The molecule has 0 N–H and O–H groups in total. The van der Waals surface area contributed by atoms with Crippen LogP contribution in [-0.2, 0) is 4.74 Å². The summed E-state index contributed by atoms with van der Waals surface area (Å²) in [5, 5.41) is 0. The lowest BCUT2D eigenvalue weighted by Gasteiger charge is -2.33. The van der Waals surface area contributed by atoms with Crippen molar-refractivity contribution in [1.29, 1.82) is 0 Å². The number of rotatable bonds is 1. The van der Waals surface area contributed by atoms with E-state index >= 15 is 0 Å². The molecule has 1 aliphatic heterocycles. The molecule has 1 heterocycles. The highest BCUT2D eigenvalue weighted by Gasteiger charge is 2.27. The van der Waals surface area contributed by atoms with Crippen molar-refractivity contribution in [2.24, 2.45) is 0 Å². The van der Waals surface area contributed by atoms with Gasteiger partial charge in [-0.05, 0) is 57.6 Å². The van der Waals surface area contributed by atoms with Gasteiger partial charge in [-0.2, -0.15) is 0 Å². The topological polar surface area (TPSA) is 33.9 Å². The molecule has 4 heteroatoms. The summed E-state index contributed by atoms with van der Waals surface area (Å²) in [6.07, 6.45) is 1.66. The summed E-state index contributed by atoms with van der Waals surface area (Å²) in [4.78, 5) is 17.4. The van der Waals surface area contributed by atoms with Crippen LogP contribution in [0.15, 0.2) is 18.2 Å². The van der Waals surface area contributed by atoms with Crippen LogP contribution in [0, 0.1) is 13.5 Å². The summed E-state index contributed by atoms with van der Waals surface area (Å²) in [5.41, 5.74) is 2.58. The van der Waals surface area contributed by atoms with Gasteiger partial charge in [0, 0.05) is 13.1 Å². The van der Waals surface area contributed by atoms with Gasteiger partial charge in [-0.1, -0.05) is 18.2 Å². The Morgan fingerprint density at radius 3 is 2.45 bits per heavy atom. The van der Waals surface area contributed by atoms with E-state index in [-0.39, 0.29) is 6.09 Å². The summed E-state index contributed by atoms with van der Waals surface area (Å²) < 4.78 is 5.42. The Bertz CT molecular complexity index is 588. The number of nitrogens with zero attached hydrogens (tertiary/aromatic N) is 2. The van der Waals surface area contributed by atoms with Gasteiger partial charge in [-0.15, -0.1) is 0 Å². The van der Waals surface area contributed by atoms with Crippen LogP contribution in [0.3, 0.4) is 0 Å². The molecule has 0 spiro atoms. The van der Waals surface area contributed by atoms with E-state index in [2.05, 4.69) is 10.9 Å². The average Bonchev–Trinajstić information content (AvgIpc) is 2.45. The second-order valence-electron chi connectivity index (χ2n) is 6.90. The Labute approximate surface area is 132 Å². The molecule has 1 aromatic rings. The summed E-state index contributed by atoms with van der Waals surface area (Å²) in [5.74, 6) is 0.456. The van der Waals surface area contributed by atoms with Crippen molar-refractivity contribution in [3.63, 3.8) is 0 Å². The summed E-state index contributed by atoms with van der Waals surface area (Å²) >= 11 is 0. The van der Waals surface area contributed by atoms with Crippen LogP contribution >= 0.6 is 0 Å². The molecule has 0 radical (unpaired) electrons. The first-order chi connectivity index (χ1) is 10.3. The fraction of sp³-hybridized carbons (Fsp3) is 0.556. The molecule has 0 saturated carbocycles. The Kier molecular flexibility index (Phi) is 4.75. The molecule has 1 amide bonds. The summed E-state index contributed by atoms with van der Waals surface area (Å²) in [6, 6.07) is 6.06. The van der Waals surface area contributed by atoms with Crippen molar-refractivity contribution in [3.05, 3.63) is 40.7 Å². The maximum atomic E-state index is 12.1. The fourth-order valence-electron chi connectivity index (χ4n) is 2.78. The van der Waals surface area contributed by atoms with Gasteiger partial charge in [-0.25, -0.2) is 9.64 Å². The second-order valence-corrected chi connectivity index (χ2v) is 6.90. The lowest BCUT2D eigenvalue weighted by atomic mass is 9.88. The SMILES string of the molecule is [C-]#[N+]c1ccc(C2CCN(C(=O)OC(C)(C)C)CC2)cc1C. The maximum Gasteiger partial charge on any atom is 0.410 e. The number of aryl methyl sites for hydroxylation is 1. The molecular weight excluding hydrogens is 276 g/mol. The zero-order chi connectivity index (χ0) is 16.3. The maximum absolute atomic E-state index is 12.1. The van der Waals surface area contributed by atoms with E-state index in [1.165, 1.54) is 5.56 Å². The lowest BCUT2D eigenvalue weighted by molar-refractivity contribution is 0.0205. The number of carbonyl (C=O) groups is 1. The van der Waals surface area contributed by atoms with E-state index in [1.807, 2.05) is 39.8 Å². The highest BCUT2D eigenvalue weighted by atomic mass is 16.6. The molecule has 1 aliphatic rings. The van der Waals surface area contributed by atoms with Gasteiger partial charge >= 0.3 is 6.09 Å². The number of carbonyl (C=O) groups excluding carboxylic acids is 1. The molecular formula is C18H24N2O2. The largest absolute Gasteiger partial charge is 0.444 e. The first kappa shape index (κ1) is 16.4. The van der Waals surface area contributed by atoms with Crippen molar-refractivity contribution in [1.82, 2.24) is 4.90 Å². The predicted molar refractivity (Wildman–Crippen MR) is 87.2 cm³/mol. The van der Waals surface area contributed by atoms with Crippen LogP contribution in [0.1, 0.15) is 50.7 Å². The van der Waals surface area contributed by atoms with E-state index in [0.29, 0.717) is 5.92 Å². The van der Waals surface area contributed by atoms with Gasteiger partial charge in [0.15, 0.2) is 5.69 Å². The van der Waals surface area contributed by atoms with Crippen LogP contribution in [0.5, 0.6) is 0 Å². The molecule has 0 aliphatic carbocycles. The van der Waals surface area contributed by atoms with Gasteiger partial charge in [0.2, 0.25) is 0 Å². The standard InChI is InChI=1S/C18H24N2O2/c1-13-12-15(6-7-16(13)19-5)14-8-10-20(11-9-14)17(21)22-18(2,3)4/h6-7,12,14H,8-11H2,1-4H3. The summed E-state index contributed by atoms with van der Waals surface area (Å²) in [7, 11) is 0. The van der Waals surface area contributed by atoms with Crippen LogP contribution in [0.2, 0.25) is 0 Å².